The summed E-state index contributed by atoms with van der Waals surface area (Å²) < 4.78 is 2.36. The molecule has 4 nitrogen and oxygen atoms in total. The van der Waals surface area contributed by atoms with E-state index in [1.807, 2.05) is 6.20 Å². The first-order valence-electron chi connectivity index (χ1n) is 19.6. The summed E-state index contributed by atoms with van der Waals surface area (Å²) in [7, 11) is 0. The Morgan fingerprint density at radius 2 is 1.18 bits per heavy atom. The normalized spacial score (nSPS) is 14.1. The zero-order chi connectivity index (χ0) is 37.4. The second kappa shape index (κ2) is 12.6. The van der Waals surface area contributed by atoms with Crippen LogP contribution in [0, 0.1) is 0 Å². The van der Waals surface area contributed by atoms with Gasteiger partial charge in [-0.3, -0.25) is 4.57 Å². The lowest BCUT2D eigenvalue weighted by Gasteiger charge is -2.35. The van der Waals surface area contributed by atoms with Crippen LogP contribution in [0.25, 0.3) is 49.9 Å². The van der Waals surface area contributed by atoms with Gasteiger partial charge in [0, 0.05) is 28.7 Å². The Morgan fingerprint density at radius 1 is 0.518 bits per heavy atom. The van der Waals surface area contributed by atoms with E-state index in [0.29, 0.717) is 6.04 Å². The van der Waals surface area contributed by atoms with Crippen LogP contribution >= 0.6 is 0 Å². The summed E-state index contributed by atoms with van der Waals surface area (Å²) in [6.07, 6.45) is 1.94. The Labute approximate surface area is 327 Å². The number of hydrogen-bond acceptors (Lipinski definition) is 3. The third kappa shape index (κ3) is 4.69. The minimum atomic E-state index is -0.574. The van der Waals surface area contributed by atoms with Crippen LogP contribution in [-0.2, 0) is 5.41 Å². The lowest BCUT2D eigenvalue weighted by Crippen LogP contribution is -2.33. The number of hydrogen-bond donors (Lipinski definition) is 0. The van der Waals surface area contributed by atoms with Crippen molar-refractivity contribution in [2.24, 2.45) is 0 Å². The fourth-order valence-corrected chi connectivity index (χ4v) is 9.63. The predicted molar refractivity (Wildman–Crippen MR) is 232 cm³/mol. The average Bonchev–Trinajstić information content (AvgIpc) is 3.91. The van der Waals surface area contributed by atoms with Crippen molar-refractivity contribution >= 4 is 38.9 Å². The first-order chi connectivity index (χ1) is 27.6. The lowest BCUT2D eigenvalue weighted by molar-refractivity contribution is 0.708. The van der Waals surface area contributed by atoms with Gasteiger partial charge in [0.25, 0.3) is 0 Å². The molecule has 0 N–H and O–H groups in total. The van der Waals surface area contributed by atoms with Gasteiger partial charge >= 0.3 is 0 Å². The Hall–Kier alpha value is -6.91. The summed E-state index contributed by atoms with van der Waals surface area (Å²) in [5.74, 6) is 0.903. The van der Waals surface area contributed by atoms with E-state index in [1.54, 1.807) is 0 Å². The van der Waals surface area contributed by atoms with E-state index >= 15 is 0 Å². The van der Waals surface area contributed by atoms with Crippen LogP contribution in [0.2, 0.25) is 0 Å². The van der Waals surface area contributed by atoms with Gasteiger partial charge in [0.1, 0.15) is 5.82 Å². The minimum absolute atomic E-state index is 0.380. The quantitative estimate of drug-likeness (QED) is 0.171. The number of pyridine rings is 1. The molecule has 4 heteroatoms. The maximum atomic E-state index is 5.03. The van der Waals surface area contributed by atoms with Crippen LogP contribution in [0.1, 0.15) is 36.1 Å². The summed E-state index contributed by atoms with van der Waals surface area (Å²) in [5.41, 5.74) is 15.4. The van der Waals surface area contributed by atoms with E-state index in [-0.39, 0.29) is 0 Å². The molecule has 9 aromatic rings. The van der Waals surface area contributed by atoms with E-state index in [9.17, 15) is 0 Å². The Bertz CT molecular complexity index is 2910. The Kier molecular flexibility index (Phi) is 7.30. The van der Waals surface area contributed by atoms with Crippen molar-refractivity contribution in [1.29, 1.82) is 0 Å². The number of para-hydroxylation sites is 3. The molecule has 2 aliphatic rings. The van der Waals surface area contributed by atoms with E-state index in [0.717, 1.165) is 29.1 Å². The van der Waals surface area contributed by atoms with Crippen LogP contribution in [0.3, 0.4) is 0 Å². The Balaban J connectivity index is 1.18. The molecule has 0 atom stereocenters. The highest BCUT2D eigenvalue weighted by Gasteiger charge is 2.46. The maximum Gasteiger partial charge on any atom is 0.138 e. The molecule has 0 amide bonds. The molecule has 1 aliphatic carbocycles. The molecule has 0 saturated carbocycles. The molecular weight excluding hydrogens is 681 g/mol. The number of fused-ring (bicyclic) bond motifs is 7. The van der Waals surface area contributed by atoms with Crippen LogP contribution in [-0.4, -0.2) is 22.3 Å². The zero-order valence-electron chi connectivity index (χ0n) is 31.5. The Morgan fingerprint density at radius 3 is 1.96 bits per heavy atom. The van der Waals surface area contributed by atoms with Gasteiger partial charge in [0.15, 0.2) is 0 Å². The third-order valence-electron chi connectivity index (χ3n) is 12.1. The zero-order valence-corrected chi connectivity index (χ0v) is 31.5. The molecule has 3 heterocycles. The van der Waals surface area contributed by atoms with Gasteiger partial charge < -0.3 is 9.80 Å². The van der Waals surface area contributed by atoms with Gasteiger partial charge in [-0.05, 0) is 107 Å². The van der Waals surface area contributed by atoms with Gasteiger partial charge in [-0.25, -0.2) is 4.98 Å². The first kappa shape index (κ1) is 32.5. The van der Waals surface area contributed by atoms with E-state index < -0.39 is 5.41 Å². The molecule has 7 aromatic carbocycles. The number of rotatable bonds is 6. The molecule has 0 fully saturated rings. The molecular formula is C52H40N4. The number of aromatic nitrogens is 2. The highest BCUT2D eigenvalue weighted by molar-refractivity contribution is 6.09. The summed E-state index contributed by atoms with van der Waals surface area (Å²) >= 11 is 0. The highest BCUT2D eigenvalue weighted by Crippen LogP contribution is 2.57. The standard InChI is InChI=1S/C52H40N4/c1-35(2)54-34-55(49-26-13-12-25-48(49)54)40-18-14-17-38(32-40)52(45-22-9-6-19-41(45)42-20-7-10-23-46(42)52)39-27-28-44-43-21-8-11-24-47(43)56(50(44)33-39)51-31-37(29-30-53-51)36-15-4-3-5-16-36/h3-33,35H,34H2,1-2H3. The maximum absolute atomic E-state index is 5.03. The average molecular weight is 721 g/mol. The summed E-state index contributed by atoms with van der Waals surface area (Å²) in [6.45, 7) is 5.36. The molecule has 2 aromatic heterocycles. The van der Waals surface area contributed by atoms with Gasteiger partial charge in [-0.2, -0.15) is 0 Å². The molecule has 0 saturated heterocycles. The predicted octanol–water partition coefficient (Wildman–Crippen LogP) is 12.5. The third-order valence-corrected chi connectivity index (χ3v) is 12.1. The fraction of sp³-hybridized carbons (Fsp3) is 0.0962. The molecule has 0 spiro atoms. The number of nitrogens with zero attached hydrogens (tertiary/aromatic N) is 4. The van der Waals surface area contributed by atoms with E-state index in [2.05, 4.69) is 210 Å². The molecule has 0 radical (unpaired) electrons. The highest BCUT2D eigenvalue weighted by atomic mass is 15.4. The number of anilines is 3. The van der Waals surface area contributed by atoms with Crippen LogP contribution < -0.4 is 9.80 Å². The fourth-order valence-electron chi connectivity index (χ4n) is 9.63. The summed E-state index contributed by atoms with van der Waals surface area (Å²) in [4.78, 5) is 10.00. The SMILES string of the molecule is CC(C)N1CN(c2cccc(C3(c4ccc5c6ccccc6n(-c6cc(-c7ccccc7)ccn6)c5c4)c4ccccc4-c4ccccc43)c2)c2ccccc21. The first-order valence-corrected chi connectivity index (χ1v) is 19.6. The molecule has 1 aliphatic heterocycles. The monoisotopic (exact) mass is 720 g/mol. The second-order valence-electron chi connectivity index (χ2n) is 15.4. The van der Waals surface area contributed by atoms with Gasteiger partial charge in [-0.15, -0.1) is 0 Å². The molecule has 11 rings (SSSR count). The van der Waals surface area contributed by atoms with Crippen molar-refractivity contribution in [3.63, 3.8) is 0 Å². The largest absolute Gasteiger partial charge is 0.349 e. The van der Waals surface area contributed by atoms with Gasteiger partial charge in [0.2, 0.25) is 0 Å². The smallest absolute Gasteiger partial charge is 0.138 e. The van der Waals surface area contributed by atoms with Crippen LogP contribution in [0.5, 0.6) is 0 Å². The van der Waals surface area contributed by atoms with Crippen molar-refractivity contribution in [3.05, 3.63) is 210 Å². The topological polar surface area (TPSA) is 24.3 Å². The van der Waals surface area contributed by atoms with Crippen LogP contribution in [0.4, 0.5) is 17.1 Å². The van der Waals surface area contributed by atoms with Crippen molar-refractivity contribution < 1.29 is 0 Å². The van der Waals surface area contributed by atoms with E-state index in [1.165, 1.54) is 66.8 Å². The second-order valence-corrected chi connectivity index (χ2v) is 15.4. The van der Waals surface area contributed by atoms with Crippen LogP contribution in [0.15, 0.2) is 188 Å². The lowest BCUT2D eigenvalue weighted by atomic mass is 9.67. The van der Waals surface area contributed by atoms with Crippen molar-refractivity contribution in [1.82, 2.24) is 9.55 Å². The molecule has 268 valence electrons. The molecule has 0 unspecified atom stereocenters. The minimum Gasteiger partial charge on any atom is -0.349 e. The molecule has 56 heavy (non-hydrogen) atoms. The summed E-state index contributed by atoms with van der Waals surface area (Å²) in [6, 6.07) is 67.4. The van der Waals surface area contributed by atoms with Crippen molar-refractivity contribution in [2.75, 3.05) is 16.5 Å². The van der Waals surface area contributed by atoms with Gasteiger partial charge in [-0.1, -0.05) is 133 Å². The van der Waals surface area contributed by atoms with Crippen molar-refractivity contribution in [3.8, 4) is 28.1 Å². The van der Waals surface area contributed by atoms with Gasteiger partial charge in [0.05, 0.1) is 34.5 Å². The number of benzene rings is 7. The summed E-state index contributed by atoms with van der Waals surface area (Å²) in [5, 5.41) is 2.42. The van der Waals surface area contributed by atoms with E-state index in [4.69, 9.17) is 4.98 Å². The van der Waals surface area contributed by atoms with Crippen molar-refractivity contribution in [2.45, 2.75) is 25.3 Å². The molecule has 0 bridgehead atoms.